The summed E-state index contributed by atoms with van der Waals surface area (Å²) in [4.78, 5) is 28.7. The van der Waals surface area contributed by atoms with Crippen LogP contribution in [0.3, 0.4) is 0 Å². The molecule has 0 aliphatic heterocycles. The maximum absolute atomic E-state index is 10.8. The summed E-state index contributed by atoms with van der Waals surface area (Å²) in [6.07, 6.45) is -2.44. The van der Waals surface area contributed by atoms with Crippen LogP contribution in [0.5, 0.6) is 5.75 Å². The summed E-state index contributed by atoms with van der Waals surface area (Å²) in [5.74, 6) is 4.40. The Hall–Kier alpha value is -2.65. The van der Waals surface area contributed by atoms with E-state index in [9.17, 15) is 9.59 Å². The third-order valence-electron chi connectivity index (χ3n) is 2.25. The Balaban J connectivity index is 2.68. The number of amidine groups is 1. The molecule has 0 aromatic heterocycles. The van der Waals surface area contributed by atoms with E-state index in [0.717, 1.165) is 0 Å². The number of hydrogen-bond donors (Lipinski definition) is 4. The molecule has 7 N–H and O–H groups in total. The summed E-state index contributed by atoms with van der Waals surface area (Å²) >= 11 is 0. The van der Waals surface area contributed by atoms with E-state index in [2.05, 4.69) is 9.83 Å². The van der Waals surface area contributed by atoms with E-state index in [4.69, 9.17) is 27.2 Å². The zero-order chi connectivity index (χ0) is 15.1. The number of aliphatic imine (C=N–C) groups is 1. The molecule has 20 heavy (non-hydrogen) atoms. The van der Waals surface area contributed by atoms with Crippen LogP contribution in [-0.4, -0.2) is 35.7 Å². The lowest BCUT2D eigenvalue weighted by Crippen LogP contribution is -2.38. The predicted octanol–water partition coefficient (Wildman–Crippen LogP) is -0.807. The van der Waals surface area contributed by atoms with Crippen LogP contribution in [0.1, 0.15) is 5.56 Å². The Morgan fingerprint density at radius 2 is 1.85 bits per heavy atom. The highest BCUT2D eigenvalue weighted by Crippen LogP contribution is 2.12. The van der Waals surface area contributed by atoms with Gasteiger partial charge in [-0.25, -0.2) is 10.7 Å². The summed E-state index contributed by atoms with van der Waals surface area (Å²) in [6.45, 7) is -0.149. The van der Waals surface area contributed by atoms with Crippen molar-refractivity contribution in [3.05, 3.63) is 29.8 Å². The fraction of sp³-hybridized carbons (Fsp3) is 0.182. The number of primary amides is 1. The molecule has 0 aliphatic carbocycles. The largest absolute Gasteiger partial charge is 0.490 e. The third-order valence-corrected chi connectivity index (χ3v) is 2.25. The van der Waals surface area contributed by atoms with E-state index in [-0.39, 0.29) is 12.4 Å². The Bertz CT molecular complexity index is 514. The van der Waals surface area contributed by atoms with Gasteiger partial charge < -0.3 is 21.3 Å². The van der Waals surface area contributed by atoms with Crippen molar-refractivity contribution < 1.29 is 24.3 Å². The SMILES string of the molecule is NOC(COc1ccc(C(N)=NC(=O)O)cc1)C(N)=O. The molecular formula is C11H14N4O5. The Labute approximate surface area is 113 Å². The first-order valence-corrected chi connectivity index (χ1v) is 5.39. The Morgan fingerprint density at radius 3 is 2.30 bits per heavy atom. The number of rotatable bonds is 6. The van der Waals surface area contributed by atoms with Gasteiger partial charge in [0, 0.05) is 5.56 Å². The van der Waals surface area contributed by atoms with Gasteiger partial charge >= 0.3 is 6.09 Å². The van der Waals surface area contributed by atoms with Crippen molar-refractivity contribution in [3.63, 3.8) is 0 Å². The van der Waals surface area contributed by atoms with Gasteiger partial charge in [-0.15, -0.1) is 0 Å². The number of carboxylic acid groups (broad SMARTS) is 1. The molecule has 1 atom stereocenters. The Morgan fingerprint density at radius 1 is 1.25 bits per heavy atom. The number of carbonyl (C=O) groups is 2. The minimum absolute atomic E-state index is 0.135. The van der Waals surface area contributed by atoms with E-state index in [1.807, 2.05) is 0 Å². The lowest BCUT2D eigenvalue weighted by Gasteiger charge is -2.12. The second-order valence-corrected chi connectivity index (χ2v) is 3.64. The molecule has 2 amide bonds. The van der Waals surface area contributed by atoms with Crippen LogP contribution in [0.15, 0.2) is 29.3 Å². The molecule has 1 unspecified atom stereocenters. The molecule has 0 saturated carbocycles. The van der Waals surface area contributed by atoms with E-state index in [0.29, 0.717) is 11.3 Å². The number of carbonyl (C=O) groups excluding carboxylic acids is 1. The summed E-state index contributed by atoms with van der Waals surface area (Å²) in [7, 11) is 0. The van der Waals surface area contributed by atoms with Crippen LogP contribution < -0.4 is 22.1 Å². The molecule has 1 aromatic carbocycles. The second-order valence-electron chi connectivity index (χ2n) is 3.64. The number of ether oxygens (including phenoxy) is 1. The first kappa shape index (κ1) is 15.4. The minimum Gasteiger partial charge on any atom is -0.490 e. The number of amides is 2. The summed E-state index contributed by atoms with van der Waals surface area (Å²) in [5.41, 5.74) is 10.9. The average Bonchev–Trinajstić information content (AvgIpc) is 2.39. The molecule has 1 aromatic rings. The first-order valence-electron chi connectivity index (χ1n) is 5.39. The minimum atomic E-state index is -1.38. The Kier molecular flexibility index (Phi) is 5.44. The van der Waals surface area contributed by atoms with E-state index in [1.165, 1.54) is 24.3 Å². The molecule has 0 spiro atoms. The first-order chi connectivity index (χ1) is 9.43. The van der Waals surface area contributed by atoms with Crippen molar-refractivity contribution in [1.29, 1.82) is 0 Å². The van der Waals surface area contributed by atoms with Crippen molar-refractivity contribution in [1.82, 2.24) is 0 Å². The van der Waals surface area contributed by atoms with Crippen LogP contribution in [-0.2, 0) is 9.63 Å². The second kappa shape index (κ2) is 7.07. The number of benzene rings is 1. The number of hydrogen-bond acceptors (Lipinski definition) is 5. The highest BCUT2D eigenvalue weighted by atomic mass is 16.6. The van der Waals surface area contributed by atoms with Gasteiger partial charge in [0.1, 0.15) is 18.2 Å². The van der Waals surface area contributed by atoms with Gasteiger partial charge in [0.15, 0.2) is 6.10 Å². The zero-order valence-corrected chi connectivity index (χ0v) is 10.4. The van der Waals surface area contributed by atoms with Gasteiger partial charge in [-0.1, -0.05) is 0 Å². The van der Waals surface area contributed by atoms with Gasteiger partial charge in [0.2, 0.25) is 0 Å². The monoisotopic (exact) mass is 282 g/mol. The van der Waals surface area contributed by atoms with Crippen LogP contribution in [0, 0.1) is 0 Å². The summed E-state index contributed by atoms with van der Waals surface area (Å²) in [6, 6.07) is 6.07. The smallest absolute Gasteiger partial charge is 0.433 e. The van der Waals surface area contributed by atoms with Crippen molar-refractivity contribution in [2.75, 3.05) is 6.61 Å². The van der Waals surface area contributed by atoms with Crippen molar-refractivity contribution >= 4 is 17.8 Å². The molecule has 0 heterocycles. The van der Waals surface area contributed by atoms with Gasteiger partial charge in [-0.3, -0.25) is 9.63 Å². The lowest BCUT2D eigenvalue weighted by molar-refractivity contribution is -0.131. The van der Waals surface area contributed by atoms with Crippen LogP contribution in [0.4, 0.5) is 4.79 Å². The molecular weight excluding hydrogens is 268 g/mol. The molecule has 1 rings (SSSR count). The maximum Gasteiger partial charge on any atom is 0.433 e. The van der Waals surface area contributed by atoms with Gasteiger partial charge in [0.25, 0.3) is 5.91 Å². The van der Waals surface area contributed by atoms with Crippen molar-refractivity contribution in [3.8, 4) is 5.75 Å². The maximum atomic E-state index is 10.8. The fourth-order valence-electron chi connectivity index (χ4n) is 1.25. The normalized spacial score (nSPS) is 12.8. The molecule has 108 valence electrons. The fourth-order valence-corrected chi connectivity index (χ4v) is 1.25. The molecule has 0 aliphatic rings. The number of nitrogens with zero attached hydrogens (tertiary/aromatic N) is 1. The van der Waals surface area contributed by atoms with Crippen molar-refractivity contribution in [2.24, 2.45) is 22.4 Å². The standard InChI is InChI=1S/C11H14N4O5/c12-9(15-11(17)18)6-1-3-7(4-2-6)19-5-8(20-14)10(13)16/h1-4,8H,5,14H2,(H2,12,15)(H2,13,16)(H,17,18). The molecule has 9 nitrogen and oxygen atoms in total. The van der Waals surface area contributed by atoms with Gasteiger partial charge in [-0.05, 0) is 24.3 Å². The van der Waals surface area contributed by atoms with E-state index >= 15 is 0 Å². The van der Waals surface area contributed by atoms with Crippen LogP contribution in [0.25, 0.3) is 0 Å². The van der Waals surface area contributed by atoms with E-state index in [1.54, 1.807) is 0 Å². The molecule has 0 saturated heterocycles. The van der Waals surface area contributed by atoms with Crippen LogP contribution >= 0.6 is 0 Å². The highest BCUT2D eigenvalue weighted by Gasteiger charge is 2.15. The van der Waals surface area contributed by atoms with Crippen LogP contribution in [0.2, 0.25) is 0 Å². The van der Waals surface area contributed by atoms with Gasteiger partial charge in [0.05, 0.1) is 0 Å². The van der Waals surface area contributed by atoms with Gasteiger partial charge in [-0.2, -0.15) is 4.99 Å². The molecule has 0 fully saturated rings. The lowest BCUT2D eigenvalue weighted by atomic mass is 10.2. The summed E-state index contributed by atoms with van der Waals surface area (Å²) in [5, 5.41) is 8.46. The van der Waals surface area contributed by atoms with E-state index < -0.39 is 18.1 Å². The number of nitrogens with two attached hydrogens (primary N) is 3. The quantitative estimate of drug-likeness (QED) is 0.301. The highest BCUT2D eigenvalue weighted by molar-refractivity contribution is 6.02. The topological polar surface area (TPSA) is 163 Å². The van der Waals surface area contributed by atoms with Crippen molar-refractivity contribution in [2.45, 2.75) is 6.10 Å². The molecule has 0 radical (unpaired) electrons. The predicted molar refractivity (Wildman–Crippen MR) is 68.9 cm³/mol. The third kappa shape index (κ3) is 4.55. The average molecular weight is 282 g/mol. The zero-order valence-electron chi connectivity index (χ0n) is 10.4. The molecule has 9 heteroatoms. The summed E-state index contributed by atoms with van der Waals surface area (Å²) < 4.78 is 5.23. The molecule has 0 bridgehead atoms.